The standard InChI is InChI=1S/C51H31N3O/c1-3-13-32(14-4-1)39-22-10-17-33-27-29-35-30-28-34-18-11-23-40(46(34)47(35)45(33)39)37-19-9-20-38(31-37)50-52-49(36-15-5-2-6-16-36)53-51(54-50)42-24-12-26-44-48(42)41-21-7-8-25-43(41)55-44/h1-31H. The molecule has 11 aromatic rings. The van der Waals surface area contributed by atoms with Gasteiger partial charge in [0.15, 0.2) is 17.5 Å². The number of aromatic nitrogens is 3. The van der Waals surface area contributed by atoms with Gasteiger partial charge in [-0.25, -0.2) is 15.0 Å². The monoisotopic (exact) mass is 701 g/mol. The predicted molar refractivity (Wildman–Crippen MR) is 227 cm³/mol. The Bertz CT molecular complexity index is 3250. The van der Waals surface area contributed by atoms with Crippen LogP contribution in [0.3, 0.4) is 0 Å². The van der Waals surface area contributed by atoms with Crippen LogP contribution in [0.5, 0.6) is 0 Å². The molecule has 55 heavy (non-hydrogen) atoms. The molecule has 0 aliphatic carbocycles. The van der Waals surface area contributed by atoms with Gasteiger partial charge >= 0.3 is 0 Å². The molecule has 2 aromatic heterocycles. The highest BCUT2D eigenvalue weighted by atomic mass is 16.3. The van der Waals surface area contributed by atoms with Gasteiger partial charge in [-0.1, -0.05) is 170 Å². The minimum absolute atomic E-state index is 0.600. The van der Waals surface area contributed by atoms with Crippen molar-refractivity contribution in [3.05, 3.63) is 188 Å². The lowest BCUT2D eigenvalue weighted by Gasteiger charge is -2.16. The number of furan rings is 1. The fourth-order valence-electron chi connectivity index (χ4n) is 8.20. The van der Waals surface area contributed by atoms with Crippen molar-refractivity contribution in [2.45, 2.75) is 0 Å². The second-order valence-electron chi connectivity index (χ2n) is 13.9. The fraction of sp³-hybridized carbons (Fsp3) is 0. The molecule has 0 aliphatic rings. The zero-order chi connectivity index (χ0) is 36.3. The van der Waals surface area contributed by atoms with Gasteiger partial charge in [-0.2, -0.15) is 0 Å². The summed E-state index contributed by atoms with van der Waals surface area (Å²) in [6.45, 7) is 0. The Morgan fingerprint density at radius 2 is 0.782 bits per heavy atom. The van der Waals surface area contributed by atoms with Crippen LogP contribution < -0.4 is 0 Å². The average Bonchev–Trinajstić information content (AvgIpc) is 3.65. The molecule has 0 saturated carbocycles. The van der Waals surface area contributed by atoms with Gasteiger partial charge in [-0.15, -0.1) is 0 Å². The van der Waals surface area contributed by atoms with Crippen LogP contribution in [0.15, 0.2) is 192 Å². The van der Waals surface area contributed by atoms with Gasteiger partial charge in [0.25, 0.3) is 0 Å². The van der Waals surface area contributed by atoms with E-state index in [1.54, 1.807) is 0 Å². The summed E-state index contributed by atoms with van der Waals surface area (Å²) in [5, 5.41) is 9.39. The van der Waals surface area contributed by atoms with E-state index in [1.807, 2.05) is 60.7 Å². The molecule has 0 aliphatic heterocycles. The highest BCUT2D eigenvalue weighted by Gasteiger charge is 2.19. The lowest BCUT2D eigenvalue weighted by molar-refractivity contribution is 0.669. The highest BCUT2D eigenvalue weighted by molar-refractivity contribution is 6.27. The number of hydrogen-bond acceptors (Lipinski definition) is 4. The maximum absolute atomic E-state index is 6.26. The Morgan fingerprint density at radius 1 is 0.291 bits per heavy atom. The van der Waals surface area contributed by atoms with Crippen LogP contribution in [0.2, 0.25) is 0 Å². The van der Waals surface area contributed by atoms with E-state index in [0.717, 1.165) is 49.8 Å². The number of nitrogens with zero attached hydrogens (tertiary/aromatic N) is 3. The Labute approximate surface area is 317 Å². The first kappa shape index (κ1) is 31.1. The van der Waals surface area contributed by atoms with Crippen LogP contribution in [0, 0.1) is 0 Å². The van der Waals surface area contributed by atoms with Crippen LogP contribution in [0.4, 0.5) is 0 Å². The molecule has 11 rings (SSSR count). The quantitative estimate of drug-likeness (QED) is 0.168. The van der Waals surface area contributed by atoms with Crippen molar-refractivity contribution in [3.8, 4) is 56.4 Å². The fourth-order valence-corrected chi connectivity index (χ4v) is 8.20. The molecular weight excluding hydrogens is 671 g/mol. The molecule has 0 saturated heterocycles. The van der Waals surface area contributed by atoms with Crippen molar-refractivity contribution in [2.24, 2.45) is 0 Å². The number of benzene rings is 9. The third kappa shape index (κ3) is 5.19. The van der Waals surface area contributed by atoms with Crippen LogP contribution in [0.25, 0.3) is 111 Å². The van der Waals surface area contributed by atoms with E-state index in [4.69, 9.17) is 19.4 Å². The maximum atomic E-state index is 6.26. The van der Waals surface area contributed by atoms with Crippen LogP contribution in [-0.2, 0) is 0 Å². The predicted octanol–water partition coefficient (Wildman–Crippen LogP) is 13.6. The first-order valence-electron chi connectivity index (χ1n) is 18.5. The Hall–Kier alpha value is -7.43. The van der Waals surface area contributed by atoms with Crippen molar-refractivity contribution in [3.63, 3.8) is 0 Å². The minimum atomic E-state index is 0.600. The van der Waals surface area contributed by atoms with E-state index in [9.17, 15) is 0 Å². The van der Waals surface area contributed by atoms with Crippen molar-refractivity contribution in [1.29, 1.82) is 0 Å². The molecular formula is C51H31N3O. The van der Waals surface area contributed by atoms with Crippen LogP contribution in [-0.4, -0.2) is 15.0 Å². The molecule has 0 radical (unpaired) electrons. The summed E-state index contributed by atoms with van der Waals surface area (Å²) in [6, 6.07) is 65.9. The summed E-state index contributed by atoms with van der Waals surface area (Å²) < 4.78 is 6.26. The summed E-state index contributed by atoms with van der Waals surface area (Å²) in [5.74, 6) is 1.83. The van der Waals surface area contributed by atoms with Gasteiger partial charge in [0.1, 0.15) is 11.2 Å². The van der Waals surface area contributed by atoms with Gasteiger partial charge in [-0.05, 0) is 72.8 Å². The molecule has 0 N–H and O–H groups in total. The van der Waals surface area contributed by atoms with Gasteiger partial charge in [-0.3, -0.25) is 0 Å². The topological polar surface area (TPSA) is 51.8 Å². The summed E-state index contributed by atoms with van der Waals surface area (Å²) in [7, 11) is 0. The molecule has 9 aromatic carbocycles. The van der Waals surface area contributed by atoms with E-state index < -0.39 is 0 Å². The van der Waals surface area contributed by atoms with Crippen molar-refractivity contribution in [2.75, 3.05) is 0 Å². The Morgan fingerprint density at radius 3 is 1.51 bits per heavy atom. The molecule has 4 nitrogen and oxygen atoms in total. The van der Waals surface area contributed by atoms with E-state index >= 15 is 0 Å². The number of rotatable bonds is 5. The maximum Gasteiger partial charge on any atom is 0.164 e. The number of hydrogen-bond donors (Lipinski definition) is 0. The summed E-state index contributed by atoms with van der Waals surface area (Å²) >= 11 is 0. The third-order valence-corrected chi connectivity index (χ3v) is 10.7. The zero-order valence-electron chi connectivity index (χ0n) is 29.6. The first-order chi connectivity index (χ1) is 27.3. The molecule has 0 amide bonds. The molecule has 2 heterocycles. The third-order valence-electron chi connectivity index (χ3n) is 10.7. The highest BCUT2D eigenvalue weighted by Crippen LogP contribution is 2.42. The molecule has 0 bridgehead atoms. The lowest BCUT2D eigenvalue weighted by Crippen LogP contribution is -2.00. The first-order valence-corrected chi connectivity index (χ1v) is 18.5. The van der Waals surface area contributed by atoms with Gasteiger partial charge in [0, 0.05) is 27.5 Å². The van der Waals surface area contributed by atoms with E-state index in [-0.39, 0.29) is 0 Å². The summed E-state index contributed by atoms with van der Waals surface area (Å²) in [4.78, 5) is 15.4. The lowest BCUT2D eigenvalue weighted by atomic mass is 9.88. The second kappa shape index (κ2) is 12.6. The van der Waals surface area contributed by atoms with Gasteiger partial charge in [0.2, 0.25) is 0 Å². The van der Waals surface area contributed by atoms with E-state index in [1.165, 1.54) is 43.4 Å². The van der Waals surface area contributed by atoms with Crippen molar-refractivity contribution < 1.29 is 4.42 Å². The molecule has 4 heteroatoms. The zero-order valence-corrected chi connectivity index (χ0v) is 29.6. The largest absolute Gasteiger partial charge is 0.456 e. The molecule has 0 spiro atoms. The summed E-state index contributed by atoms with van der Waals surface area (Å²) in [5.41, 5.74) is 9.06. The van der Waals surface area contributed by atoms with Crippen LogP contribution >= 0.6 is 0 Å². The molecule has 0 atom stereocenters. The molecule has 0 unspecified atom stereocenters. The normalized spacial score (nSPS) is 11.6. The average molecular weight is 702 g/mol. The van der Waals surface area contributed by atoms with Crippen molar-refractivity contribution in [1.82, 2.24) is 15.0 Å². The van der Waals surface area contributed by atoms with Crippen LogP contribution in [0.1, 0.15) is 0 Å². The summed E-state index contributed by atoms with van der Waals surface area (Å²) in [6.07, 6.45) is 0. The smallest absolute Gasteiger partial charge is 0.164 e. The number of fused-ring (bicyclic) bond motifs is 8. The van der Waals surface area contributed by atoms with Gasteiger partial charge < -0.3 is 4.42 Å². The number of para-hydroxylation sites is 1. The Balaban J connectivity index is 1.14. The Kier molecular flexibility index (Phi) is 7.14. The van der Waals surface area contributed by atoms with Gasteiger partial charge in [0.05, 0.1) is 0 Å². The molecule has 256 valence electrons. The van der Waals surface area contributed by atoms with Crippen molar-refractivity contribution >= 4 is 54.3 Å². The molecule has 0 fully saturated rings. The minimum Gasteiger partial charge on any atom is -0.456 e. The second-order valence-corrected chi connectivity index (χ2v) is 13.9. The SMILES string of the molecule is c1ccc(-c2nc(-c3cccc(-c4cccc5ccc6ccc7cccc(-c8ccccc8)c7c6c45)c3)nc(-c3cccc4oc5ccccc5c34)n2)cc1. The van der Waals surface area contributed by atoms with E-state index in [2.05, 4.69) is 127 Å². The van der Waals surface area contributed by atoms with E-state index in [0.29, 0.717) is 17.5 Å².